The predicted molar refractivity (Wildman–Crippen MR) is 76.2 cm³/mol. The fraction of sp³-hybridized carbons (Fsp3) is 0.333. The summed E-state index contributed by atoms with van der Waals surface area (Å²) in [5, 5.41) is 12.8. The van der Waals surface area contributed by atoms with Crippen LogP contribution in [0.5, 0.6) is 0 Å². The van der Waals surface area contributed by atoms with Gasteiger partial charge in [0, 0.05) is 18.9 Å². The van der Waals surface area contributed by atoms with Crippen molar-refractivity contribution in [1.29, 1.82) is 0 Å². The first kappa shape index (κ1) is 13.7. The maximum Gasteiger partial charge on any atom is 0.147 e. The first-order valence-corrected chi connectivity index (χ1v) is 6.68. The molecule has 6 nitrogen and oxygen atoms in total. The fourth-order valence-corrected chi connectivity index (χ4v) is 2.39. The van der Waals surface area contributed by atoms with Crippen molar-refractivity contribution >= 4 is 22.4 Å². The Morgan fingerprint density at radius 1 is 1.32 bits per heavy atom. The summed E-state index contributed by atoms with van der Waals surface area (Å²) in [7, 11) is 0. The van der Waals surface area contributed by atoms with Crippen LogP contribution in [0.3, 0.4) is 0 Å². The van der Waals surface area contributed by atoms with E-state index in [0.29, 0.717) is 25.6 Å². The number of nitrogen functional groups attached to an aromatic ring is 1. The number of hydrogen-bond acceptors (Lipinski definition) is 7. The van der Waals surface area contributed by atoms with E-state index in [2.05, 4.69) is 14.7 Å². The predicted octanol–water partition coefficient (Wildman–Crippen LogP) is 1.21. The summed E-state index contributed by atoms with van der Waals surface area (Å²) >= 11 is 1.32. The zero-order valence-electron chi connectivity index (χ0n) is 10.4. The number of aliphatic hydroxyl groups excluding tert-OH is 1. The molecule has 0 bridgehead atoms. The van der Waals surface area contributed by atoms with E-state index in [-0.39, 0.29) is 6.61 Å². The Labute approximate surface area is 115 Å². The van der Waals surface area contributed by atoms with E-state index in [1.54, 1.807) is 12.4 Å². The lowest BCUT2D eigenvalue weighted by atomic mass is 10.1. The van der Waals surface area contributed by atoms with Crippen molar-refractivity contribution in [2.45, 2.75) is 0 Å². The van der Waals surface area contributed by atoms with Crippen LogP contribution < -0.4 is 11.1 Å². The van der Waals surface area contributed by atoms with Gasteiger partial charge in [-0.3, -0.25) is 4.98 Å². The molecule has 4 N–H and O–H groups in total. The molecule has 2 heterocycles. The SMILES string of the molecule is Nc1nsc(NCCOCCO)c1-c1ccncc1. The smallest absolute Gasteiger partial charge is 0.147 e. The highest BCUT2D eigenvalue weighted by Gasteiger charge is 2.12. The molecule has 19 heavy (non-hydrogen) atoms. The van der Waals surface area contributed by atoms with Crippen LogP contribution in [-0.2, 0) is 4.74 Å². The minimum atomic E-state index is 0.0375. The summed E-state index contributed by atoms with van der Waals surface area (Å²) in [6.45, 7) is 1.55. The Morgan fingerprint density at radius 2 is 2.11 bits per heavy atom. The average molecular weight is 280 g/mol. The van der Waals surface area contributed by atoms with E-state index in [1.165, 1.54) is 11.5 Å². The summed E-state index contributed by atoms with van der Waals surface area (Å²) in [4.78, 5) is 3.99. The van der Waals surface area contributed by atoms with Gasteiger partial charge in [-0.05, 0) is 29.2 Å². The second-order valence-electron chi connectivity index (χ2n) is 3.77. The van der Waals surface area contributed by atoms with Gasteiger partial charge in [0.2, 0.25) is 0 Å². The fourth-order valence-electron chi connectivity index (χ4n) is 1.62. The van der Waals surface area contributed by atoms with Gasteiger partial charge in [-0.15, -0.1) is 0 Å². The van der Waals surface area contributed by atoms with Crippen molar-refractivity contribution in [3.63, 3.8) is 0 Å². The van der Waals surface area contributed by atoms with E-state index in [9.17, 15) is 0 Å². The minimum absolute atomic E-state index is 0.0375. The van der Waals surface area contributed by atoms with Crippen molar-refractivity contribution in [2.24, 2.45) is 0 Å². The maximum absolute atomic E-state index is 8.60. The van der Waals surface area contributed by atoms with Gasteiger partial charge in [-0.2, -0.15) is 4.37 Å². The molecular formula is C12H16N4O2S. The average Bonchev–Trinajstić information content (AvgIpc) is 2.81. The van der Waals surface area contributed by atoms with Crippen molar-refractivity contribution < 1.29 is 9.84 Å². The van der Waals surface area contributed by atoms with E-state index in [4.69, 9.17) is 15.6 Å². The molecule has 0 fully saturated rings. The summed E-state index contributed by atoms with van der Waals surface area (Å²) in [5.41, 5.74) is 7.78. The zero-order chi connectivity index (χ0) is 13.5. The largest absolute Gasteiger partial charge is 0.394 e. The molecule has 0 aliphatic rings. The van der Waals surface area contributed by atoms with Crippen LogP contribution in [0.25, 0.3) is 11.1 Å². The lowest BCUT2D eigenvalue weighted by Crippen LogP contribution is -2.11. The van der Waals surface area contributed by atoms with E-state index in [1.807, 2.05) is 12.1 Å². The van der Waals surface area contributed by atoms with Gasteiger partial charge in [0.1, 0.15) is 10.8 Å². The number of nitrogens with two attached hydrogens (primary N) is 1. The summed E-state index contributed by atoms with van der Waals surface area (Å²) in [6, 6.07) is 3.79. The summed E-state index contributed by atoms with van der Waals surface area (Å²) in [5.74, 6) is 0.509. The van der Waals surface area contributed by atoms with E-state index in [0.717, 1.165) is 16.1 Å². The van der Waals surface area contributed by atoms with Gasteiger partial charge < -0.3 is 20.9 Å². The number of ether oxygens (including phenoxy) is 1. The second kappa shape index (κ2) is 7.03. The quantitative estimate of drug-likeness (QED) is 0.660. The van der Waals surface area contributed by atoms with Gasteiger partial charge in [0.05, 0.1) is 25.4 Å². The normalized spacial score (nSPS) is 10.6. The van der Waals surface area contributed by atoms with E-state index < -0.39 is 0 Å². The number of rotatable bonds is 7. The number of aromatic nitrogens is 2. The minimum Gasteiger partial charge on any atom is -0.394 e. The maximum atomic E-state index is 8.60. The molecule has 0 aliphatic carbocycles. The molecule has 0 aliphatic heterocycles. The first-order chi connectivity index (χ1) is 9.33. The number of hydrogen-bond donors (Lipinski definition) is 3. The van der Waals surface area contributed by atoms with Crippen LogP contribution in [0, 0.1) is 0 Å². The van der Waals surface area contributed by atoms with E-state index >= 15 is 0 Å². The first-order valence-electron chi connectivity index (χ1n) is 5.91. The standard InChI is InChI=1S/C12H16N4O2S/c13-11-10(9-1-3-14-4-2-9)12(19-16-11)15-5-7-18-8-6-17/h1-4,15,17H,5-8H2,(H2,13,16). The topological polar surface area (TPSA) is 93.3 Å². The molecule has 2 aromatic heterocycles. The molecule has 2 aromatic rings. The molecule has 0 unspecified atom stereocenters. The number of aliphatic hydroxyl groups is 1. The Morgan fingerprint density at radius 3 is 2.84 bits per heavy atom. The van der Waals surface area contributed by atoms with Gasteiger partial charge >= 0.3 is 0 Å². The van der Waals surface area contributed by atoms with Crippen molar-refractivity contribution in [2.75, 3.05) is 37.4 Å². The van der Waals surface area contributed by atoms with Crippen molar-refractivity contribution in [3.05, 3.63) is 24.5 Å². The van der Waals surface area contributed by atoms with Gasteiger partial charge in [0.15, 0.2) is 0 Å². The third kappa shape index (κ3) is 3.63. The molecule has 102 valence electrons. The Bertz CT molecular complexity index is 504. The number of nitrogens with one attached hydrogen (secondary N) is 1. The van der Waals surface area contributed by atoms with Gasteiger partial charge in [-0.1, -0.05) is 0 Å². The van der Waals surface area contributed by atoms with Gasteiger partial charge in [-0.25, -0.2) is 0 Å². The monoisotopic (exact) mass is 280 g/mol. The highest BCUT2D eigenvalue weighted by molar-refractivity contribution is 7.11. The molecule has 2 rings (SSSR count). The Balaban J connectivity index is 2.02. The number of pyridine rings is 1. The molecule has 0 saturated heterocycles. The van der Waals surface area contributed by atoms with Crippen LogP contribution in [-0.4, -0.2) is 40.8 Å². The molecular weight excluding hydrogens is 264 g/mol. The van der Waals surface area contributed by atoms with Gasteiger partial charge in [0.25, 0.3) is 0 Å². The highest BCUT2D eigenvalue weighted by atomic mass is 32.1. The zero-order valence-corrected chi connectivity index (χ0v) is 11.2. The molecule has 0 saturated carbocycles. The molecule has 0 atom stereocenters. The molecule has 7 heteroatoms. The molecule has 0 radical (unpaired) electrons. The lowest BCUT2D eigenvalue weighted by molar-refractivity contribution is 0.0992. The van der Waals surface area contributed by atoms with Crippen molar-refractivity contribution in [1.82, 2.24) is 9.36 Å². The lowest BCUT2D eigenvalue weighted by Gasteiger charge is -2.07. The molecule has 0 amide bonds. The third-order valence-electron chi connectivity index (χ3n) is 2.46. The molecule has 0 aromatic carbocycles. The van der Waals surface area contributed by atoms with Crippen molar-refractivity contribution in [3.8, 4) is 11.1 Å². The number of nitrogens with zero attached hydrogens (tertiary/aromatic N) is 2. The second-order valence-corrected chi connectivity index (χ2v) is 4.54. The third-order valence-corrected chi connectivity index (χ3v) is 3.27. The highest BCUT2D eigenvalue weighted by Crippen LogP contribution is 2.36. The van der Waals surface area contributed by atoms with Crippen LogP contribution >= 0.6 is 11.5 Å². The Hall–Kier alpha value is -1.70. The van der Waals surface area contributed by atoms with Crippen LogP contribution in [0.4, 0.5) is 10.8 Å². The van der Waals surface area contributed by atoms with Crippen LogP contribution in [0.1, 0.15) is 0 Å². The Kier molecular flexibility index (Phi) is 5.08. The van der Waals surface area contributed by atoms with Crippen LogP contribution in [0.2, 0.25) is 0 Å². The summed E-state index contributed by atoms with van der Waals surface area (Å²) in [6.07, 6.45) is 3.45. The van der Waals surface area contributed by atoms with Crippen LogP contribution in [0.15, 0.2) is 24.5 Å². The molecule has 0 spiro atoms. The number of anilines is 2. The summed E-state index contributed by atoms with van der Waals surface area (Å²) < 4.78 is 9.35.